The molecule has 2 atom stereocenters. The second-order valence-electron chi connectivity index (χ2n) is 3.51. The van der Waals surface area contributed by atoms with Crippen molar-refractivity contribution >= 4 is 12.3 Å². The molecule has 0 heterocycles. The average molecular weight is 242 g/mol. The summed E-state index contributed by atoms with van der Waals surface area (Å²) in [5, 5.41) is 9.11. The Morgan fingerprint density at radius 2 is 1.94 bits per heavy atom. The molecule has 1 aliphatic rings. The van der Waals surface area contributed by atoms with E-state index in [1.165, 1.54) is 0 Å². The molecule has 8 heteroatoms. The lowest BCUT2D eigenvalue weighted by molar-refractivity contribution is -0.257. The number of halogens is 3. The highest BCUT2D eigenvalue weighted by Crippen LogP contribution is 2.45. The summed E-state index contributed by atoms with van der Waals surface area (Å²) in [6, 6.07) is 0. The van der Waals surface area contributed by atoms with Crippen LogP contribution in [0.15, 0.2) is 0 Å². The molecule has 0 bridgehead atoms. The molecule has 0 aromatic heterocycles. The van der Waals surface area contributed by atoms with Crippen LogP contribution < -0.4 is 11.5 Å². The highest BCUT2D eigenvalue weighted by atomic mass is 19.4. The second-order valence-corrected chi connectivity index (χ2v) is 3.51. The minimum atomic E-state index is -4.67. The van der Waals surface area contributed by atoms with Gasteiger partial charge in [0.2, 0.25) is 12.3 Å². The minimum absolute atomic E-state index is 0.00530. The first-order valence-corrected chi connectivity index (χ1v) is 4.41. The van der Waals surface area contributed by atoms with Gasteiger partial charge in [-0.25, -0.2) is 0 Å². The maximum atomic E-state index is 12.2. The van der Waals surface area contributed by atoms with Gasteiger partial charge in [0.05, 0.1) is 0 Å². The van der Waals surface area contributed by atoms with Crippen LogP contribution >= 0.6 is 0 Å². The molecule has 1 aliphatic carbocycles. The summed E-state index contributed by atoms with van der Waals surface area (Å²) in [6.45, 7) is 0. The van der Waals surface area contributed by atoms with Crippen LogP contribution in [0.4, 0.5) is 13.2 Å². The molecule has 1 saturated carbocycles. The van der Waals surface area contributed by atoms with Crippen molar-refractivity contribution in [3.8, 4) is 0 Å². The molecular formula is C8H13F3N2O3. The van der Waals surface area contributed by atoms with E-state index in [4.69, 9.17) is 15.6 Å². The molecule has 0 aliphatic heterocycles. The number of aliphatic hydroxyl groups is 1. The molecular weight excluding hydrogens is 229 g/mol. The maximum absolute atomic E-state index is 12.2. The van der Waals surface area contributed by atoms with Crippen LogP contribution in [0.5, 0.6) is 0 Å². The Morgan fingerprint density at radius 3 is 2.12 bits per heavy atom. The molecule has 2 unspecified atom stereocenters. The summed E-state index contributed by atoms with van der Waals surface area (Å²) >= 11 is 0. The van der Waals surface area contributed by atoms with Gasteiger partial charge in [-0.15, -0.1) is 0 Å². The first-order valence-electron chi connectivity index (χ1n) is 4.41. The standard InChI is InChI=1S/C7H10F3NO2.CH3NO/c8-7(9,10)6(13)2-1-4(3-6)5(11)12;2-1-3/h4,13H,1-3H2,(H2,11,12);1H,(H2,2,3). The Balaban J connectivity index is 0.000000673. The van der Waals surface area contributed by atoms with Gasteiger partial charge in [-0.3, -0.25) is 9.59 Å². The van der Waals surface area contributed by atoms with Gasteiger partial charge in [-0.1, -0.05) is 0 Å². The molecule has 5 N–H and O–H groups in total. The number of hydrogen-bond acceptors (Lipinski definition) is 3. The van der Waals surface area contributed by atoms with Crippen LogP contribution in [-0.4, -0.2) is 29.2 Å². The zero-order valence-electron chi connectivity index (χ0n) is 8.33. The Morgan fingerprint density at radius 1 is 1.50 bits per heavy atom. The molecule has 5 nitrogen and oxygen atoms in total. The predicted molar refractivity (Wildman–Crippen MR) is 47.8 cm³/mol. The summed E-state index contributed by atoms with van der Waals surface area (Å²) in [5.74, 6) is -1.63. The van der Waals surface area contributed by atoms with E-state index in [0.717, 1.165) is 0 Å². The zero-order chi connectivity index (χ0) is 13.0. The van der Waals surface area contributed by atoms with E-state index in [1.807, 2.05) is 0 Å². The summed E-state index contributed by atoms with van der Waals surface area (Å²) in [6.07, 6.45) is -5.46. The summed E-state index contributed by atoms with van der Waals surface area (Å²) in [4.78, 5) is 19.1. The number of amides is 2. The second kappa shape index (κ2) is 5.15. The van der Waals surface area contributed by atoms with Crippen molar-refractivity contribution in [3.05, 3.63) is 0 Å². The maximum Gasteiger partial charge on any atom is 0.417 e. The number of nitrogens with two attached hydrogens (primary N) is 2. The van der Waals surface area contributed by atoms with Crippen molar-refractivity contribution in [1.82, 2.24) is 0 Å². The molecule has 94 valence electrons. The fourth-order valence-electron chi connectivity index (χ4n) is 1.53. The van der Waals surface area contributed by atoms with Gasteiger partial charge < -0.3 is 16.6 Å². The smallest absolute Gasteiger partial charge is 0.380 e. The number of carbonyl (C=O) groups is 2. The third-order valence-corrected chi connectivity index (χ3v) is 2.42. The van der Waals surface area contributed by atoms with E-state index in [2.05, 4.69) is 5.73 Å². The fourth-order valence-corrected chi connectivity index (χ4v) is 1.53. The van der Waals surface area contributed by atoms with E-state index in [0.29, 0.717) is 0 Å². The van der Waals surface area contributed by atoms with E-state index in [9.17, 15) is 18.0 Å². The van der Waals surface area contributed by atoms with Gasteiger partial charge in [0.15, 0.2) is 5.60 Å². The third-order valence-electron chi connectivity index (χ3n) is 2.42. The van der Waals surface area contributed by atoms with Gasteiger partial charge in [-0.05, 0) is 19.3 Å². The molecule has 0 saturated heterocycles. The lowest BCUT2D eigenvalue weighted by Gasteiger charge is -2.25. The molecule has 1 fully saturated rings. The molecule has 0 aromatic rings. The lowest BCUT2D eigenvalue weighted by Crippen LogP contribution is -2.43. The van der Waals surface area contributed by atoms with Gasteiger partial charge in [-0.2, -0.15) is 13.2 Å². The SMILES string of the molecule is NC(=O)C1CCC(O)(C(F)(F)F)C1.NC=O. The van der Waals surface area contributed by atoms with E-state index >= 15 is 0 Å². The summed E-state index contributed by atoms with van der Waals surface area (Å²) in [5.41, 5.74) is 6.30. The molecule has 16 heavy (non-hydrogen) atoms. The predicted octanol–water partition coefficient (Wildman–Crippen LogP) is -0.333. The summed E-state index contributed by atoms with van der Waals surface area (Å²) < 4.78 is 36.5. The molecule has 0 aromatic carbocycles. The zero-order valence-corrected chi connectivity index (χ0v) is 8.33. The van der Waals surface area contributed by atoms with Crippen LogP contribution in [0.1, 0.15) is 19.3 Å². The Kier molecular flexibility index (Phi) is 4.73. The number of primary amides is 2. The van der Waals surface area contributed by atoms with Crippen molar-refractivity contribution in [2.45, 2.75) is 31.0 Å². The van der Waals surface area contributed by atoms with Gasteiger partial charge >= 0.3 is 6.18 Å². The Labute approximate surface area is 89.6 Å². The van der Waals surface area contributed by atoms with Crippen molar-refractivity contribution < 1.29 is 27.9 Å². The number of alkyl halides is 3. The van der Waals surface area contributed by atoms with Crippen molar-refractivity contribution in [2.24, 2.45) is 17.4 Å². The highest BCUT2D eigenvalue weighted by Gasteiger charge is 2.57. The van der Waals surface area contributed by atoms with Crippen LogP contribution in [0, 0.1) is 5.92 Å². The Hall–Kier alpha value is -1.31. The van der Waals surface area contributed by atoms with Gasteiger partial charge in [0, 0.05) is 5.92 Å². The fraction of sp³-hybridized carbons (Fsp3) is 0.750. The first-order chi connectivity index (χ1) is 7.18. The van der Waals surface area contributed by atoms with E-state index < -0.39 is 36.4 Å². The minimum Gasteiger partial charge on any atom is -0.380 e. The highest BCUT2D eigenvalue weighted by molar-refractivity contribution is 5.77. The quantitative estimate of drug-likeness (QED) is 0.548. The molecule has 0 spiro atoms. The summed E-state index contributed by atoms with van der Waals surface area (Å²) in [7, 11) is 0. The van der Waals surface area contributed by atoms with E-state index in [-0.39, 0.29) is 12.8 Å². The van der Waals surface area contributed by atoms with Crippen LogP contribution in [0.2, 0.25) is 0 Å². The first kappa shape index (κ1) is 14.7. The topological polar surface area (TPSA) is 106 Å². The normalized spacial score (nSPS) is 29.1. The monoisotopic (exact) mass is 242 g/mol. The van der Waals surface area contributed by atoms with Crippen LogP contribution in [-0.2, 0) is 9.59 Å². The largest absolute Gasteiger partial charge is 0.417 e. The van der Waals surface area contributed by atoms with Gasteiger partial charge in [0.25, 0.3) is 0 Å². The lowest BCUT2D eigenvalue weighted by atomic mass is 9.99. The van der Waals surface area contributed by atoms with Crippen LogP contribution in [0.25, 0.3) is 0 Å². The van der Waals surface area contributed by atoms with Crippen molar-refractivity contribution in [1.29, 1.82) is 0 Å². The van der Waals surface area contributed by atoms with E-state index in [1.54, 1.807) is 0 Å². The Bertz CT molecular complexity index is 270. The molecule has 0 radical (unpaired) electrons. The number of rotatable bonds is 1. The molecule has 2 amide bonds. The number of carbonyl (C=O) groups excluding carboxylic acids is 2. The molecule has 1 rings (SSSR count). The van der Waals surface area contributed by atoms with Gasteiger partial charge in [0.1, 0.15) is 0 Å². The average Bonchev–Trinajstić information content (AvgIpc) is 2.49. The third kappa shape index (κ3) is 3.37. The van der Waals surface area contributed by atoms with Crippen LogP contribution in [0.3, 0.4) is 0 Å². The van der Waals surface area contributed by atoms with Crippen molar-refractivity contribution in [2.75, 3.05) is 0 Å². The number of hydrogen-bond donors (Lipinski definition) is 3. The van der Waals surface area contributed by atoms with Crippen molar-refractivity contribution in [3.63, 3.8) is 0 Å².